The van der Waals surface area contributed by atoms with E-state index in [1.165, 1.54) is 12.8 Å². The van der Waals surface area contributed by atoms with E-state index in [9.17, 15) is 0 Å². The van der Waals surface area contributed by atoms with Gasteiger partial charge in [-0.15, -0.1) is 0 Å². The summed E-state index contributed by atoms with van der Waals surface area (Å²) in [6, 6.07) is 0.671. The van der Waals surface area contributed by atoms with Crippen LogP contribution in [0.25, 0.3) is 0 Å². The largest absolute Gasteiger partial charge is 0.396 e. The Morgan fingerprint density at radius 2 is 2.16 bits per heavy atom. The van der Waals surface area contributed by atoms with Crippen molar-refractivity contribution in [1.29, 1.82) is 0 Å². The maximum absolute atomic E-state index is 8.88. The van der Waals surface area contributed by atoms with Crippen LogP contribution in [0.4, 0.5) is 0 Å². The third-order valence-corrected chi connectivity index (χ3v) is 4.14. The summed E-state index contributed by atoms with van der Waals surface area (Å²) in [4.78, 5) is 9.27. The highest BCUT2D eigenvalue weighted by molar-refractivity contribution is 4.92. The van der Waals surface area contributed by atoms with Crippen LogP contribution in [0.2, 0.25) is 0 Å². The van der Waals surface area contributed by atoms with Gasteiger partial charge in [-0.25, -0.2) is 4.98 Å². The molecule has 5 heteroatoms. The van der Waals surface area contributed by atoms with Crippen LogP contribution < -0.4 is 0 Å². The van der Waals surface area contributed by atoms with Gasteiger partial charge in [-0.3, -0.25) is 4.90 Å². The van der Waals surface area contributed by atoms with Gasteiger partial charge in [0.2, 0.25) is 0 Å². The molecule has 1 aliphatic heterocycles. The summed E-state index contributed by atoms with van der Waals surface area (Å²) in [6.07, 6.45) is 7.18. The molecule has 0 atom stereocenters. The molecule has 0 radical (unpaired) electrons. The van der Waals surface area contributed by atoms with E-state index in [1.54, 1.807) is 0 Å². The van der Waals surface area contributed by atoms with Crippen molar-refractivity contribution in [2.24, 2.45) is 7.05 Å². The van der Waals surface area contributed by atoms with E-state index in [2.05, 4.69) is 33.4 Å². The molecule has 2 heterocycles. The van der Waals surface area contributed by atoms with Gasteiger partial charge in [-0.2, -0.15) is 0 Å². The average molecular weight is 266 g/mol. The normalized spacial score (nSPS) is 18.3. The number of imidazole rings is 1. The van der Waals surface area contributed by atoms with Crippen LogP contribution in [0, 0.1) is 0 Å². The number of rotatable bonds is 6. The Kier molecular flexibility index (Phi) is 5.36. The van der Waals surface area contributed by atoms with Crippen LogP contribution in [0.1, 0.15) is 25.1 Å². The van der Waals surface area contributed by atoms with Crippen LogP contribution in [0.5, 0.6) is 0 Å². The van der Waals surface area contributed by atoms with Crippen LogP contribution in [0.3, 0.4) is 0 Å². The maximum Gasteiger partial charge on any atom is 0.122 e. The minimum atomic E-state index is 0.294. The fourth-order valence-electron chi connectivity index (χ4n) is 2.77. The molecule has 1 aromatic heterocycles. The Labute approximate surface area is 115 Å². The SMILES string of the molecule is CN(CCCO)C1CCN(Cc2nccn2C)CC1. The van der Waals surface area contributed by atoms with Gasteiger partial charge in [0.1, 0.15) is 5.82 Å². The lowest BCUT2D eigenvalue weighted by Crippen LogP contribution is -2.43. The van der Waals surface area contributed by atoms with Gasteiger partial charge in [0.05, 0.1) is 6.54 Å². The molecule has 0 spiro atoms. The number of piperidine rings is 1. The first-order chi connectivity index (χ1) is 9.20. The Morgan fingerprint density at radius 1 is 1.42 bits per heavy atom. The number of aliphatic hydroxyl groups is 1. The second-order valence-corrected chi connectivity index (χ2v) is 5.52. The van der Waals surface area contributed by atoms with Gasteiger partial charge < -0.3 is 14.6 Å². The molecule has 0 bridgehead atoms. The lowest BCUT2D eigenvalue weighted by molar-refractivity contribution is 0.115. The molecule has 108 valence electrons. The van der Waals surface area contributed by atoms with E-state index in [-0.39, 0.29) is 0 Å². The molecule has 1 saturated heterocycles. The molecule has 1 fully saturated rings. The smallest absolute Gasteiger partial charge is 0.122 e. The van der Waals surface area contributed by atoms with Gasteiger partial charge in [-0.1, -0.05) is 0 Å². The first-order valence-corrected chi connectivity index (χ1v) is 7.20. The van der Waals surface area contributed by atoms with Gasteiger partial charge in [0.25, 0.3) is 0 Å². The molecule has 0 aromatic carbocycles. The summed E-state index contributed by atoms with van der Waals surface area (Å²) in [7, 11) is 4.23. The molecule has 5 nitrogen and oxygen atoms in total. The van der Waals surface area contributed by atoms with Gasteiger partial charge >= 0.3 is 0 Å². The highest BCUT2D eigenvalue weighted by Gasteiger charge is 2.22. The Hall–Kier alpha value is -0.910. The van der Waals surface area contributed by atoms with Crippen molar-refractivity contribution in [2.75, 3.05) is 33.3 Å². The summed E-state index contributed by atoms with van der Waals surface area (Å²) in [6.45, 7) is 4.53. The number of nitrogens with zero attached hydrogens (tertiary/aromatic N) is 4. The number of hydrogen-bond donors (Lipinski definition) is 1. The third kappa shape index (κ3) is 4.03. The molecule has 0 saturated carbocycles. The van der Waals surface area contributed by atoms with Gasteiger partial charge in [-0.05, 0) is 26.3 Å². The highest BCUT2D eigenvalue weighted by atomic mass is 16.3. The van der Waals surface area contributed by atoms with E-state index >= 15 is 0 Å². The second-order valence-electron chi connectivity index (χ2n) is 5.52. The number of likely N-dealkylation sites (tertiary alicyclic amines) is 1. The summed E-state index contributed by atoms with van der Waals surface area (Å²) in [5, 5.41) is 8.88. The van der Waals surface area contributed by atoms with Gasteiger partial charge in [0.15, 0.2) is 0 Å². The fourth-order valence-corrected chi connectivity index (χ4v) is 2.77. The predicted octanol–water partition coefficient (Wildman–Crippen LogP) is 0.699. The summed E-state index contributed by atoms with van der Waals surface area (Å²) >= 11 is 0. The van der Waals surface area contributed by atoms with Crippen molar-refractivity contribution in [3.63, 3.8) is 0 Å². The second kappa shape index (κ2) is 7.03. The van der Waals surface area contributed by atoms with Crippen LogP contribution in [-0.4, -0.2) is 63.8 Å². The number of hydrogen-bond acceptors (Lipinski definition) is 4. The Morgan fingerprint density at radius 3 is 2.74 bits per heavy atom. The fraction of sp³-hybridized carbons (Fsp3) is 0.786. The van der Waals surface area contributed by atoms with Crippen LogP contribution >= 0.6 is 0 Å². The quantitative estimate of drug-likeness (QED) is 0.823. The Bertz CT molecular complexity index is 371. The molecule has 1 aliphatic rings. The topological polar surface area (TPSA) is 44.5 Å². The Balaban J connectivity index is 1.74. The summed E-state index contributed by atoms with van der Waals surface area (Å²) in [5.74, 6) is 1.15. The molecular formula is C14H26N4O. The van der Waals surface area contributed by atoms with E-state index in [1.807, 2.05) is 12.4 Å². The van der Waals surface area contributed by atoms with Crippen molar-refractivity contribution in [1.82, 2.24) is 19.4 Å². The van der Waals surface area contributed by atoms with Crippen molar-refractivity contribution < 1.29 is 5.11 Å². The van der Waals surface area contributed by atoms with Crippen LogP contribution in [0.15, 0.2) is 12.4 Å². The standard InChI is InChI=1S/C14H26N4O/c1-16(7-3-11-19)13-4-8-18(9-5-13)12-14-15-6-10-17(14)2/h6,10,13,19H,3-5,7-9,11-12H2,1-2H3. The lowest BCUT2D eigenvalue weighted by atomic mass is 10.0. The maximum atomic E-state index is 8.88. The monoisotopic (exact) mass is 266 g/mol. The summed E-state index contributed by atoms with van der Waals surface area (Å²) < 4.78 is 2.10. The minimum absolute atomic E-state index is 0.294. The summed E-state index contributed by atoms with van der Waals surface area (Å²) in [5.41, 5.74) is 0. The molecule has 19 heavy (non-hydrogen) atoms. The lowest BCUT2D eigenvalue weighted by Gasteiger charge is -2.36. The highest BCUT2D eigenvalue weighted by Crippen LogP contribution is 2.17. The van der Waals surface area contributed by atoms with Crippen LogP contribution in [-0.2, 0) is 13.6 Å². The van der Waals surface area contributed by atoms with E-state index in [0.29, 0.717) is 12.6 Å². The molecule has 1 N–H and O–H groups in total. The third-order valence-electron chi connectivity index (χ3n) is 4.14. The first kappa shape index (κ1) is 14.5. The van der Waals surface area contributed by atoms with Crippen molar-refractivity contribution in [3.8, 4) is 0 Å². The molecule has 0 amide bonds. The van der Waals surface area contributed by atoms with Crippen molar-refractivity contribution >= 4 is 0 Å². The molecule has 0 unspecified atom stereocenters. The molecule has 2 rings (SSSR count). The number of aromatic nitrogens is 2. The molecule has 0 aliphatic carbocycles. The van der Waals surface area contributed by atoms with Crippen molar-refractivity contribution in [2.45, 2.75) is 31.8 Å². The predicted molar refractivity (Wildman–Crippen MR) is 75.8 cm³/mol. The minimum Gasteiger partial charge on any atom is -0.396 e. The molecule has 1 aromatic rings. The van der Waals surface area contributed by atoms with E-state index in [4.69, 9.17) is 5.11 Å². The zero-order valence-electron chi connectivity index (χ0n) is 12.1. The first-order valence-electron chi connectivity index (χ1n) is 7.20. The van der Waals surface area contributed by atoms with E-state index < -0.39 is 0 Å². The zero-order chi connectivity index (χ0) is 13.7. The van der Waals surface area contributed by atoms with E-state index in [0.717, 1.165) is 38.4 Å². The van der Waals surface area contributed by atoms with Crippen molar-refractivity contribution in [3.05, 3.63) is 18.2 Å². The average Bonchev–Trinajstić information content (AvgIpc) is 2.82. The number of aliphatic hydroxyl groups excluding tert-OH is 1. The zero-order valence-corrected chi connectivity index (χ0v) is 12.1. The number of aryl methyl sites for hydroxylation is 1. The van der Waals surface area contributed by atoms with Gasteiger partial charge in [0, 0.05) is 51.7 Å². The molecular weight excluding hydrogens is 240 g/mol.